The third-order valence-corrected chi connectivity index (χ3v) is 8.01. The lowest BCUT2D eigenvalue weighted by atomic mass is 9.90. The first-order valence-corrected chi connectivity index (χ1v) is 14.0. The largest absolute Gasteiger partial charge is 0.495 e. The van der Waals surface area contributed by atoms with Gasteiger partial charge in [0.25, 0.3) is 0 Å². The average Bonchev–Trinajstić information content (AvgIpc) is 3.50. The molecule has 0 radical (unpaired) electrons. The van der Waals surface area contributed by atoms with Crippen LogP contribution < -0.4 is 29.9 Å². The maximum Gasteiger partial charge on any atom is 0.330 e. The van der Waals surface area contributed by atoms with E-state index in [1.807, 2.05) is 0 Å². The number of hydrogen-bond donors (Lipinski definition) is 4. The Hall–Kier alpha value is -3.58. The molecule has 2 aromatic heterocycles. The Morgan fingerprint density at radius 3 is 2.54 bits per heavy atom. The number of fused-ring (bicyclic) bond motifs is 1. The molecule has 4 N–H and O–H groups in total. The zero-order chi connectivity index (χ0) is 29.1. The highest BCUT2D eigenvalue weighted by atomic mass is 35.5. The summed E-state index contributed by atoms with van der Waals surface area (Å²) in [6, 6.07) is 1.15. The highest BCUT2D eigenvalue weighted by Crippen LogP contribution is 2.48. The molecule has 0 bridgehead atoms. The van der Waals surface area contributed by atoms with Crippen molar-refractivity contribution in [3.05, 3.63) is 58.7 Å². The standard InChI is InChI=1S/C27H32Cl2N8O4/c1-4-21(38)33-17-7-5-6-8-18(17)34-26-31-10-15-12-36(24-22(28)19(40-2)9-20(41-3)23(24)29)27(39)37(25(15)35-26)13-16-11-30-14-32-16/h4,9-11,14,17-18,21,33,38H,1,5-8,12-13H2,2-3H3,(H,30,32)(H,31,34,35)/t17-,18+,21?/m0/s1. The minimum absolute atomic E-state index is 0.00178. The summed E-state index contributed by atoms with van der Waals surface area (Å²) in [6.07, 6.45) is 9.38. The fourth-order valence-electron chi connectivity index (χ4n) is 5.21. The molecule has 41 heavy (non-hydrogen) atoms. The summed E-state index contributed by atoms with van der Waals surface area (Å²) in [5, 5.41) is 17.0. The highest BCUT2D eigenvalue weighted by Gasteiger charge is 2.37. The average molecular weight is 604 g/mol. The molecular formula is C27H32Cl2N8O4. The molecule has 1 fully saturated rings. The predicted molar refractivity (Wildman–Crippen MR) is 157 cm³/mol. The van der Waals surface area contributed by atoms with Gasteiger partial charge >= 0.3 is 6.03 Å². The summed E-state index contributed by atoms with van der Waals surface area (Å²) in [7, 11) is 2.95. The molecule has 5 rings (SSSR count). The summed E-state index contributed by atoms with van der Waals surface area (Å²) in [5.74, 6) is 1.46. The number of carbonyl (C=O) groups is 1. The van der Waals surface area contributed by atoms with E-state index < -0.39 is 12.3 Å². The lowest BCUT2D eigenvalue weighted by Crippen LogP contribution is -2.50. The third kappa shape index (κ3) is 5.91. The minimum Gasteiger partial charge on any atom is -0.495 e. The van der Waals surface area contributed by atoms with Crippen LogP contribution in [0.15, 0.2) is 37.4 Å². The molecule has 3 heterocycles. The molecule has 1 aromatic carbocycles. The van der Waals surface area contributed by atoms with Gasteiger partial charge in [-0.2, -0.15) is 4.98 Å². The Kier molecular flexibility index (Phi) is 8.83. The van der Waals surface area contributed by atoms with Gasteiger partial charge in [0.15, 0.2) is 0 Å². The van der Waals surface area contributed by atoms with Crippen molar-refractivity contribution in [2.24, 2.45) is 0 Å². The van der Waals surface area contributed by atoms with Gasteiger partial charge in [-0.15, -0.1) is 0 Å². The Morgan fingerprint density at radius 1 is 1.20 bits per heavy atom. The lowest BCUT2D eigenvalue weighted by molar-refractivity contribution is 0.151. The van der Waals surface area contributed by atoms with E-state index in [4.69, 9.17) is 37.7 Å². The number of halogens is 2. The van der Waals surface area contributed by atoms with E-state index in [-0.39, 0.29) is 40.9 Å². The zero-order valence-corrected chi connectivity index (χ0v) is 24.2. The summed E-state index contributed by atoms with van der Waals surface area (Å²) in [4.78, 5) is 33.6. The predicted octanol–water partition coefficient (Wildman–Crippen LogP) is 4.49. The van der Waals surface area contributed by atoms with Crippen LogP contribution in [-0.4, -0.2) is 63.6 Å². The Labute approximate surface area is 247 Å². The van der Waals surface area contributed by atoms with Crippen molar-refractivity contribution in [1.82, 2.24) is 25.3 Å². The summed E-state index contributed by atoms with van der Waals surface area (Å²) < 4.78 is 10.8. The van der Waals surface area contributed by atoms with Gasteiger partial charge in [-0.3, -0.25) is 15.1 Å². The molecule has 1 aliphatic carbocycles. The van der Waals surface area contributed by atoms with Crippen LogP contribution in [0, 0.1) is 0 Å². The summed E-state index contributed by atoms with van der Waals surface area (Å²) in [5.41, 5.74) is 1.65. The number of amides is 2. The number of ether oxygens (including phenoxy) is 2. The van der Waals surface area contributed by atoms with Crippen molar-refractivity contribution >= 4 is 46.7 Å². The maximum atomic E-state index is 14.1. The van der Waals surface area contributed by atoms with Gasteiger partial charge < -0.3 is 24.9 Å². The van der Waals surface area contributed by atoms with Crippen molar-refractivity contribution in [2.75, 3.05) is 29.3 Å². The van der Waals surface area contributed by atoms with Gasteiger partial charge in [0.1, 0.15) is 33.6 Å². The number of aromatic nitrogens is 4. The number of H-pyrrole nitrogens is 1. The van der Waals surface area contributed by atoms with E-state index in [2.05, 4.69) is 32.2 Å². The van der Waals surface area contributed by atoms with E-state index in [1.165, 1.54) is 30.1 Å². The number of urea groups is 1. The van der Waals surface area contributed by atoms with Gasteiger partial charge in [0.05, 0.1) is 45.0 Å². The van der Waals surface area contributed by atoms with Gasteiger partial charge in [0, 0.05) is 36.1 Å². The number of hydrogen-bond acceptors (Lipinski definition) is 9. The highest BCUT2D eigenvalue weighted by molar-refractivity contribution is 6.42. The Bertz CT molecular complexity index is 1380. The number of rotatable bonds is 10. The SMILES string of the molecule is C=CC(O)N[C@H]1CCCC[C@H]1Nc1ncc2c(n1)N(Cc1cnc[nH]1)C(=O)N(c1c(Cl)c(OC)cc(OC)c1Cl)C2. The fraction of sp³-hybridized carbons (Fsp3) is 0.407. The first-order chi connectivity index (χ1) is 19.8. The van der Waals surface area contributed by atoms with Crippen LogP contribution in [0.3, 0.4) is 0 Å². The topological polar surface area (TPSA) is 141 Å². The fourth-order valence-corrected chi connectivity index (χ4v) is 5.92. The Balaban J connectivity index is 1.52. The number of carbonyl (C=O) groups excluding carboxylic acids is 1. The smallest absolute Gasteiger partial charge is 0.330 e. The molecule has 1 aliphatic heterocycles. The number of aromatic amines is 1. The molecule has 3 atom stereocenters. The normalized spacial score (nSPS) is 19.5. The van der Waals surface area contributed by atoms with Crippen molar-refractivity contribution in [3.8, 4) is 11.5 Å². The van der Waals surface area contributed by atoms with E-state index in [9.17, 15) is 9.90 Å². The molecule has 0 spiro atoms. The molecule has 1 unspecified atom stereocenters. The van der Waals surface area contributed by atoms with E-state index in [0.29, 0.717) is 34.5 Å². The Morgan fingerprint density at radius 2 is 1.90 bits per heavy atom. The molecular weight excluding hydrogens is 571 g/mol. The molecule has 2 amide bonds. The van der Waals surface area contributed by atoms with E-state index in [1.54, 1.807) is 24.8 Å². The van der Waals surface area contributed by atoms with E-state index in [0.717, 1.165) is 25.7 Å². The minimum atomic E-state index is -0.811. The van der Waals surface area contributed by atoms with Crippen molar-refractivity contribution in [3.63, 3.8) is 0 Å². The number of benzene rings is 1. The van der Waals surface area contributed by atoms with Crippen LogP contribution in [0.5, 0.6) is 11.5 Å². The zero-order valence-electron chi connectivity index (χ0n) is 22.7. The van der Waals surface area contributed by atoms with Crippen LogP contribution in [0.1, 0.15) is 36.9 Å². The van der Waals surface area contributed by atoms with Crippen LogP contribution in [-0.2, 0) is 13.1 Å². The number of methoxy groups -OCH3 is 2. The van der Waals surface area contributed by atoms with Crippen LogP contribution in [0.4, 0.5) is 22.2 Å². The second-order valence-corrected chi connectivity index (χ2v) is 10.6. The maximum absolute atomic E-state index is 14.1. The summed E-state index contributed by atoms with van der Waals surface area (Å²) in [6.45, 7) is 3.93. The molecule has 218 valence electrons. The number of imidazole rings is 1. The van der Waals surface area contributed by atoms with Crippen LogP contribution >= 0.6 is 23.2 Å². The third-order valence-electron chi connectivity index (χ3n) is 7.28. The number of anilines is 3. The number of aliphatic hydroxyl groups is 1. The number of aliphatic hydroxyl groups excluding tert-OH is 1. The molecule has 0 saturated heterocycles. The van der Waals surface area contributed by atoms with Crippen molar-refractivity contribution in [1.29, 1.82) is 0 Å². The van der Waals surface area contributed by atoms with Crippen LogP contribution in [0.25, 0.3) is 0 Å². The summed E-state index contributed by atoms with van der Waals surface area (Å²) >= 11 is 13.4. The second kappa shape index (κ2) is 12.5. The van der Waals surface area contributed by atoms with Gasteiger partial charge in [-0.25, -0.2) is 14.8 Å². The van der Waals surface area contributed by atoms with E-state index >= 15 is 0 Å². The van der Waals surface area contributed by atoms with Crippen molar-refractivity contribution in [2.45, 2.75) is 57.1 Å². The van der Waals surface area contributed by atoms with Gasteiger partial charge in [-0.05, 0) is 18.9 Å². The number of nitrogens with zero attached hydrogens (tertiary/aromatic N) is 5. The monoisotopic (exact) mass is 602 g/mol. The van der Waals surface area contributed by atoms with Gasteiger partial charge in [0.2, 0.25) is 5.95 Å². The quantitative estimate of drug-likeness (QED) is 0.195. The molecule has 2 aliphatic rings. The molecule has 12 nitrogen and oxygen atoms in total. The first-order valence-electron chi connectivity index (χ1n) is 13.2. The molecule has 14 heteroatoms. The molecule has 1 saturated carbocycles. The van der Waals surface area contributed by atoms with Crippen LogP contribution in [0.2, 0.25) is 10.0 Å². The first kappa shape index (κ1) is 28.9. The second-order valence-electron chi connectivity index (χ2n) is 9.82. The van der Waals surface area contributed by atoms with Crippen molar-refractivity contribution < 1.29 is 19.4 Å². The van der Waals surface area contributed by atoms with Gasteiger partial charge in [-0.1, -0.05) is 42.6 Å². The lowest BCUT2D eigenvalue weighted by Gasteiger charge is -2.37. The number of nitrogens with one attached hydrogen (secondary N) is 3. The molecule has 3 aromatic rings.